The summed E-state index contributed by atoms with van der Waals surface area (Å²) in [4.78, 5) is 4.39. The van der Waals surface area contributed by atoms with E-state index >= 15 is 0 Å². The molecule has 3 rings (SSSR count). The van der Waals surface area contributed by atoms with Crippen molar-refractivity contribution in [3.63, 3.8) is 0 Å². The van der Waals surface area contributed by atoms with Crippen LogP contribution in [0.2, 0.25) is 15.1 Å². The maximum absolute atomic E-state index is 6.19. The Labute approximate surface area is 137 Å². The Morgan fingerprint density at radius 1 is 0.952 bits per heavy atom. The number of aromatic nitrogens is 1. The molecule has 0 aliphatic heterocycles. The normalized spacial score (nSPS) is 10.8. The highest BCUT2D eigenvalue weighted by Crippen LogP contribution is 2.29. The molecule has 0 aliphatic rings. The van der Waals surface area contributed by atoms with Gasteiger partial charge in [-0.1, -0.05) is 40.9 Å². The van der Waals surface area contributed by atoms with Crippen LogP contribution in [0.15, 0.2) is 48.7 Å². The van der Waals surface area contributed by atoms with Crippen LogP contribution >= 0.6 is 34.8 Å². The number of nitrogens with one attached hydrogen (secondary N) is 1. The van der Waals surface area contributed by atoms with Gasteiger partial charge in [0.2, 0.25) is 0 Å². The number of hydrogen-bond acceptors (Lipinski definition) is 2. The van der Waals surface area contributed by atoms with Gasteiger partial charge in [0.15, 0.2) is 0 Å². The van der Waals surface area contributed by atoms with Crippen molar-refractivity contribution in [2.45, 2.75) is 6.54 Å². The van der Waals surface area contributed by atoms with Gasteiger partial charge in [-0.3, -0.25) is 4.98 Å². The number of hydrogen-bond donors (Lipinski definition) is 1. The summed E-state index contributed by atoms with van der Waals surface area (Å²) in [5.74, 6) is 0. The summed E-state index contributed by atoms with van der Waals surface area (Å²) in [6.07, 6.45) is 1.75. The van der Waals surface area contributed by atoms with Gasteiger partial charge in [-0.25, -0.2) is 0 Å². The fourth-order valence-electron chi connectivity index (χ4n) is 2.14. The molecule has 0 saturated carbocycles. The maximum Gasteiger partial charge on any atom is 0.0948 e. The Bertz CT molecular complexity index is 803. The first-order valence-electron chi connectivity index (χ1n) is 6.36. The number of pyridine rings is 1. The van der Waals surface area contributed by atoms with Crippen LogP contribution in [0.5, 0.6) is 0 Å². The van der Waals surface area contributed by atoms with Crippen molar-refractivity contribution < 1.29 is 0 Å². The Morgan fingerprint density at radius 3 is 2.62 bits per heavy atom. The molecule has 0 saturated heterocycles. The van der Waals surface area contributed by atoms with Crippen LogP contribution in [0.25, 0.3) is 10.9 Å². The van der Waals surface area contributed by atoms with Gasteiger partial charge in [-0.05, 0) is 42.0 Å². The molecule has 1 aromatic heterocycles. The van der Waals surface area contributed by atoms with E-state index in [0.29, 0.717) is 21.6 Å². The maximum atomic E-state index is 6.19. The van der Waals surface area contributed by atoms with Gasteiger partial charge in [-0.15, -0.1) is 0 Å². The van der Waals surface area contributed by atoms with Crippen LogP contribution in [0.3, 0.4) is 0 Å². The van der Waals surface area contributed by atoms with Crippen molar-refractivity contribution in [2.24, 2.45) is 0 Å². The van der Waals surface area contributed by atoms with Gasteiger partial charge in [0.05, 0.1) is 16.2 Å². The van der Waals surface area contributed by atoms with E-state index in [1.165, 1.54) is 0 Å². The van der Waals surface area contributed by atoms with E-state index in [2.05, 4.69) is 10.3 Å². The zero-order valence-corrected chi connectivity index (χ0v) is 13.2. The topological polar surface area (TPSA) is 24.9 Å². The fraction of sp³-hybridized carbons (Fsp3) is 0.0625. The first kappa shape index (κ1) is 14.5. The second-order valence-electron chi connectivity index (χ2n) is 4.58. The predicted molar refractivity (Wildman–Crippen MR) is 90.5 cm³/mol. The number of anilines is 1. The molecule has 0 atom stereocenters. The van der Waals surface area contributed by atoms with E-state index in [4.69, 9.17) is 34.8 Å². The van der Waals surface area contributed by atoms with Gasteiger partial charge in [-0.2, -0.15) is 0 Å². The van der Waals surface area contributed by atoms with Crippen LogP contribution in [-0.2, 0) is 6.54 Å². The summed E-state index contributed by atoms with van der Waals surface area (Å²) in [5.41, 5.74) is 2.73. The zero-order valence-electron chi connectivity index (χ0n) is 10.9. The highest BCUT2D eigenvalue weighted by molar-refractivity contribution is 6.36. The van der Waals surface area contributed by atoms with Crippen molar-refractivity contribution in [2.75, 3.05) is 5.32 Å². The molecule has 106 valence electrons. The molecular weight excluding hydrogens is 327 g/mol. The van der Waals surface area contributed by atoms with Crippen molar-refractivity contribution in [1.82, 2.24) is 4.98 Å². The second-order valence-corrected chi connectivity index (χ2v) is 5.83. The third kappa shape index (κ3) is 3.08. The van der Waals surface area contributed by atoms with E-state index in [1.54, 1.807) is 12.3 Å². The Kier molecular flexibility index (Phi) is 4.20. The minimum Gasteiger partial charge on any atom is -0.379 e. The second kappa shape index (κ2) is 6.10. The highest BCUT2D eigenvalue weighted by atomic mass is 35.5. The summed E-state index contributed by atoms with van der Waals surface area (Å²) in [6, 6.07) is 13.1. The first-order chi connectivity index (χ1) is 10.1. The number of nitrogens with zero attached hydrogens (tertiary/aromatic N) is 1. The number of fused-ring (bicyclic) bond motifs is 1. The summed E-state index contributed by atoms with van der Waals surface area (Å²) in [6.45, 7) is 0.587. The van der Waals surface area contributed by atoms with Crippen LogP contribution in [0.1, 0.15) is 5.56 Å². The Morgan fingerprint density at radius 2 is 1.81 bits per heavy atom. The van der Waals surface area contributed by atoms with E-state index < -0.39 is 0 Å². The van der Waals surface area contributed by atoms with Crippen molar-refractivity contribution in [3.05, 3.63) is 69.3 Å². The lowest BCUT2D eigenvalue weighted by Crippen LogP contribution is -2.01. The quantitative estimate of drug-likeness (QED) is 0.652. The molecule has 1 heterocycles. The van der Waals surface area contributed by atoms with E-state index in [-0.39, 0.29) is 0 Å². The van der Waals surface area contributed by atoms with Gasteiger partial charge in [0, 0.05) is 28.2 Å². The van der Waals surface area contributed by atoms with Gasteiger partial charge in [0.1, 0.15) is 0 Å². The number of halogens is 3. The lowest BCUT2D eigenvalue weighted by molar-refractivity contribution is 1.15. The monoisotopic (exact) mass is 336 g/mol. The predicted octanol–water partition coefficient (Wildman–Crippen LogP) is 5.81. The molecule has 0 amide bonds. The van der Waals surface area contributed by atoms with Gasteiger partial charge < -0.3 is 5.32 Å². The number of benzene rings is 2. The average molecular weight is 338 g/mol. The van der Waals surface area contributed by atoms with E-state index in [1.807, 2.05) is 36.4 Å². The van der Waals surface area contributed by atoms with E-state index in [0.717, 1.165) is 22.2 Å². The molecule has 3 aromatic rings. The van der Waals surface area contributed by atoms with Crippen molar-refractivity contribution in [1.29, 1.82) is 0 Å². The minimum atomic E-state index is 0.587. The molecule has 5 heteroatoms. The molecule has 0 radical (unpaired) electrons. The number of rotatable bonds is 3. The van der Waals surface area contributed by atoms with Gasteiger partial charge >= 0.3 is 0 Å². The summed E-state index contributed by atoms with van der Waals surface area (Å²) >= 11 is 18.3. The zero-order chi connectivity index (χ0) is 14.8. The molecular formula is C16H11Cl3N2. The lowest BCUT2D eigenvalue weighted by atomic mass is 10.1. The van der Waals surface area contributed by atoms with Crippen LogP contribution in [-0.4, -0.2) is 4.98 Å². The molecule has 2 nitrogen and oxygen atoms in total. The Balaban J connectivity index is 1.90. The third-order valence-electron chi connectivity index (χ3n) is 3.20. The SMILES string of the molecule is Clc1ccc(CNc2ccc(Cl)c3cccnc23)c(Cl)c1. The summed E-state index contributed by atoms with van der Waals surface area (Å²) in [7, 11) is 0. The highest BCUT2D eigenvalue weighted by Gasteiger charge is 2.06. The molecule has 21 heavy (non-hydrogen) atoms. The first-order valence-corrected chi connectivity index (χ1v) is 7.49. The lowest BCUT2D eigenvalue weighted by Gasteiger charge is -2.11. The molecule has 0 bridgehead atoms. The average Bonchev–Trinajstić information content (AvgIpc) is 2.48. The van der Waals surface area contributed by atoms with Crippen LogP contribution < -0.4 is 5.32 Å². The summed E-state index contributed by atoms with van der Waals surface area (Å²) < 4.78 is 0. The smallest absolute Gasteiger partial charge is 0.0948 e. The third-order valence-corrected chi connectivity index (χ3v) is 4.12. The molecule has 1 N–H and O–H groups in total. The Hall–Kier alpha value is -1.48. The van der Waals surface area contributed by atoms with Crippen LogP contribution in [0.4, 0.5) is 5.69 Å². The van der Waals surface area contributed by atoms with Crippen LogP contribution in [0, 0.1) is 0 Å². The molecule has 0 fully saturated rings. The molecule has 0 aliphatic carbocycles. The summed E-state index contributed by atoms with van der Waals surface area (Å²) in [5, 5.41) is 6.22. The van der Waals surface area contributed by atoms with Gasteiger partial charge in [0.25, 0.3) is 0 Å². The largest absolute Gasteiger partial charge is 0.379 e. The molecule has 0 unspecified atom stereocenters. The molecule has 2 aromatic carbocycles. The fourth-order valence-corrected chi connectivity index (χ4v) is 2.83. The molecule has 0 spiro atoms. The van der Waals surface area contributed by atoms with Crippen molar-refractivity contribution >= 4 is 51.4 Å². The van der Waals surface area contributed by atoms with E-state index in [9.17, 15) is 0 Å². The minimum absolute atomic E-state index is 0.587. The standard InChI is InChI=1S/C16H11Cl3N2/c17-11-4-3-10(14(19)8-11)9-21-15-6-5-13(18)12-2-1-7-20-16(12)15/h1-8,21H,9H2. The van der Waals surface area contributed by atoms with Crippen molar-refractivity contribution in [3.8, 4) is 0 Å².